The van der Waals surface area contributed by atoms with E-state index in [2.05, 4.69) is 0 Å². The van der Waals surface area contributed by atoms with Crippen LogP contribution in [0.1, 0.15) is 13.3 Å². The predicted molar refractivity (Wildman–Crippen MR) is 33.9 cm³/mol. The Balaban J connectivity index is 2.63. The molecule has 0 aliphatic heterocycles. The van der Waals surface area contributed by atoms with Crippen molar-refractivity contribution in [2.24, 2.45) is 5.92 Å². The quantitative estimate of drug-likeness (QED) is 0.556. The van der Waals surface area contributed by atoms with Gasteiger partial charge in [-0.2, -0.15) is 0 Å². The number of rotatable bonds is 1. The van der Waals surface area contributed by atoms with E-state index in [0.29, 0.717) is 0 Å². The van der Waals surface area contributed by atoms with Crippen molar-refractivity contribution in [3.05, 3.63) is 12.2 Å². The van der Waals surface area contributed by atoms with E-state index >= 15 is 0 Å². The van der Waals surface area contributed by atoms with E-state index < -0.39 is 6.10 Å². The fourth-order valence-electron chi connectivity index (χ4n) is 1.06. The van der Waals surface area contributed by atoms with Gasteiger partial charge in [-0.15, -0.1) is 0 Å². The van der Waals surface area contributed by atoms with Gasteiger partial charge in [0.15, 0.2) is 5.78 Å². The molecule has 0 aromatic carbocycles. The third-order valence-electron chi connectivity index (χ3n) is 1.68. The fourth-order valence-corrected chi connectivity index (χ4v) is 1.06. The van der Waals surface area contributed by atoms with E-state index in [1.54, 1.807) is 6.08 Å². The molecular weight excluding hydrogens is 116 g/mol. The Morgan fingerprint density at radius 3 is 2.67 bits per heavy atom. The van der Waals surface area contributed by atoms with E-state index in [4.69, 9.17) is 5.11 Å². The maximum Gasteiger partial charge on any atom is 0.161 e. The van der Waals surface area contributed by atoms with E-state index in [1.165, 1.54) is 6.08 Å². The Morgan fingerprint density at radius 1 is 1.78 bits per heavy atom. The summed E-state index contributed by atoms with van der Waals surface area (Å²) < 4.78 is 0. The van der Waals surface area contributed by atoms with Crippen LogP contribution in [0.4, 0.5) is 0 Å². The standard InChI is InChI=1S/C7H10O2/c1-2-5-6(8)3-4-7(5)9/h3-6,8H,2H2,1H3. The lowest BCUT2D eigenvalue weighted by molar-refractivity contribution is -0.119. The minimum Gasteiger partial charge on any atom is -0.388 e. The van der Waals surface area contributed by atoms with Crippen LogP contribution in [0.5, 0.6) is 0 Å². The smallest absolute Gasteiger partial charge is 0.161 e. The van der Waals surface area contributed by atoms with Crippen LogP contribution in [0, 0.1) is 5.92 Å². The van der Waals surface area contributed by atoms with Crippen molar-refractivity contribution in [1.29, 1.82) is 0 Å². The Labute approximate surface area is 54.2 Å². The summed E-state index contributed by atoms with van der Waals surface area (Å²) in [5.74, 6) is -0.102. The molecule has 2 unspecified atom stereocenters. The van der Waals surface area contributed by atoms with Gasteiger partial charge in [0.05, 0.1) is 12.0 Å². The van der Waals surface area contributed by atoms with Gasteiger partial charge in [-0.1, -0.05) is 13.0 Å². The van der Waals surface area contributed by atoms with E-state index in [-0.39, 0.29) is 11.7 Å². The van der Waals surface area contributed by atoms with Crippen molar-refractivity contribution >= 4 is 5.78 Å². The van der Waals surface area contributed by atoms with Gasteiger partial charge in [-0.05, 0) is 12.5 Å². The molecule has 1 N–H and O–H groups in total. The lowest BCUT2D eigenvalue weighted by atomic mass is 10.0. The summed E-state index contributed by atoms with van der Waals surface area (Å²) in [4.78, 5) is 10.8. The van der Waals surface area contributed by atoms with Crippen molar-refractivity contribution < 1.29 is 9.90 Å². The van der Waals surface area contributed by atoms with Crippen LogP contribution < -0.4 is 0 Å². The molecule has 0 heterocycles. The van der Waals surface area contributed by atoms with Crippen LogP contribution in [0.3, 0.4) is 0 Å². The largest absolute Gasteiger partial charge is 0.388 e. The molecule has 1 aliphatic rings. The molecule has 1 aliphatic carbocycles. The molecule has 0 saturated carbocycles. The average Bonchev–Trinajstić information content (AvgIpc) is 2.12. The highest BCUT2D eigenvalue weighted by Gasteiger charge is 2.25. The first-order valence-corrected chi connectivity index (χ1v) is 3.16. The highest BCUT2D eigenvalue weighted by Crippen LogP contribution is 2.17. The van der Waals surface area contributed by atoms with Crippen LogP contribution in [0.25, 0.3) is 0 Å². The van der Waals surface area contributed by atoms with Crippen LogP contribution in [0.15, 0.2) is 12.2 Å². The average molecular weight is 126 g/mol. The predicted octanol–water partition coefficient (Wildman–Crippen LogP) is 0.512. The number of hydrogen-bond donors (Lipinski definition) is 1. The lowest BCUT2D eigenvalue weighted by Gasteiger charge is -2.07. The van der Waals surface area contributed by atoms with Crippen LogP contribution in [0.2, 0.25) is 0 Å². The number of aliphatic hydroxyl groups excluding tert-OH is 1. The molecule has 0 aromatic rings. The molecule has 0 radical (unpaired) electrons. The summed E-state index contributed by atoms with van der Waals surface area (Å²) in [6.07, 6.45) is 3.21. The molecule has 9 heavy (non-hydrogen) atoms. The first-order chi connectivity index (χ1) is 4.25. The third kappa shape index (κ3) is 1.03. The Hall–Kier alpha value is -0.630. The molecule has 2 heteroatoms. The lowest BCUT2D eigenvalue weighted by Crippen LogP contribution is -2.18. The second-order valence-electron chi connectivity index (χ2n) is 2.27. The molecule has 0 fully saturated rings. The highest BCUT2D eigenvalue weighted by molar-refractivity contribution is 5.94. The molecule has 1 rings (SSSR count). The summed E-state index contributed by atoms with van der Waals surface area (Å²) in [6, 6.07) is 0. The molecule has 0 saturated heterocycles. The minimum atomic E-state index is -0.525. The zero-order valence-electron chi connectivity index (χ0n) is 5.37. The number of allylic oxidation sites excluding steroid dienone is 1. The van der Waals surface area contributed by atoms with E-state index in [9.17, 15) is 4.79 Å². The molecule has 50 valence electrons. The zero-order valence-corrected chi connectivity index (χ0v) is 5.37. The molecular formula is C7H10O2. The van der Waals surface area contributed by atoms with Gasteiger partial charge in [0.1, 0.15) is 0 Å². The Bertz CT molecular complexity index is 149. The van der Waals surface area contributed by atoms with Crippen molar-refractivity contribution in [1.82, 2.24) is 0 Å². The first-order valence-electron chi connectivity index (χ1n) is 3.16. The molecule has 0 spiro atoms. The number of carbonyl (C=O) groups excluding carboxylic acids is 1. The molecule has 0 bridgehead atoms. The zero-order chi connectivity index (χ0) is 6.85. The minimum absolute atomic E-state index is 0.0602. The van der Waals surface area contributed by atoms with Gasteiger partial charge < -0.3 is 5.11 Å². The van der Waals surface area contributed by atoms with E-state index in [0.717, 1.165) is 6.42 Å². The summed E-state index contributed by atoms with van der Waals surface area (Å²) in [7, 11) is 0. The molecule has 2 atom stereocenters. The first kappa shape index (κ1) is 6.49. The second kappa shape index (κ2) is 2.31. The van der Waals surface area contributed by atoms with Gasteiger partial charge >= 0.3 is 0 Å². The summed E-state index contributed by atoms with van der Waals surface area (Å²) in [5.41, 5.74) is 0. The van der Waals surface area contributed by atoms with Gasteiger partial charge in [-0.25, -0.2) is 0 Å². The maximum atomic E-state index is 10.8. The van der Waals surface area contributed by atoms with Crippen molar-refractivity contribution in [2.45, 2.75) is 19.4 Å². The number of hydrogen-bond acceptors (Lipinski definition) is 2. The molecule has 0 amide bonds. The van der Waals surface area contributed by atoms with Gasteiger partial charge in [-0.3, -0.25) is 4.79 Å². The van der Waals surface area contributed by atoms with Gasteiger partial charge in [0, 0.05) is 0 Å². The van der Waals surface area contributed by atoms with E-state index in [1.807, 2.05) is 6.92 Å². The van der Waals surface area contributed by atoms with Gasteiger partial charge in [0.2, 0.25) is 0 Å². The maximum absolute atomic E-state index is 10.8. The van der Waals surface area contributed by atoms with Crippen molar-refractivity contribution in [3.8, 4) is 0 Å². The number of carbonyl (C=O) groups is 1. The Kier molecular flexibility index (Phi) is 1.67. The molecule has 0 aromatic heterocycles. The fraction of sp³-hybridized carbons (Fsp3) is 0.571. The topological polar surface area (TPSA) is 37.3 Å². The van der Waals surface area contributed by atoms with Crippen molar-refractivity contribution in [2.75, 3.05) is 0 Å². The van der Waals surface area contributed by atoms with Crippen molar-refractivity contribution in [3.63, 3.8) is 0 Å². The molecule has 2 nitrogen and oxygen atoms in total. The third-order valence-corrected chi connectivity index (χ3v) is 1.68. The summed E-state index contributed by atoms with van der Waals surface area (Å²) in [6.45, 7) is 1.90. The van der Waals surface area contributed by atoms with Crippen LogP contribution in [-0.4, -0.2) is 17.0 Å². The number of aliphatic hydroxyl groups is 1. The highest BCUT2D eigenvalue weighted by atomic mass is 16.3. The summed E-state index contributed by atoms with van der Waals surface area (Å²) in [5, 5.41) is 9.05. The second-order valence-corrected chi connectivity index (χ2v) is 2.27. The normalized spacial score (nSPS) is 33.8. The summed E-state index contributed by atoms with van der Waals surface area (Å²) >= 11 is 0. The van der Waals surface area contributed by atoms with Crippen LogP contribution >= 0.6 is 0 Å². The van der Waals surface area contributed by atoms with Gasteiger partial charge in [0.25, 0.3) is 0 Å². The number of ketones is 1. The Morgan fingerprint density at radius 2 is 2.44 bits per heavy atom. The SMILES string of the molecule is CCC1C(=O)C=CC1O. The van der Waals surface area contributed by atoms with Crippen LogP contribution in [-0.2, 0) is 4.79 Å². The monoisotopic (exact) mass is 126 g/mol.